The van der Waals surface area contributed by atoms with Crippen molar-refractivity contribution in [2.24, 2.45) is 5.10 Å². The number of methoxy groups -OCH3 is 2. The minimum Gasteiger partial charge on any atom is -0.497 e. The van der Waals surface area contributed by atoms with E-state index in [4.69, 9.17) is 14.2 Å². The first-order chi connectivity index (χ1) is 14.6. The Balaban J connectivity index is 1.55. The summed E-state index contributed by atoms with van der Waals surface area (Å²) in [7, 11) is 3.03. The number of rotatable bonds is 8. The Hall–Kier alpha value is -3.87. The van der Waals surface area contributed by atoms with Gasteiger partial charge in [0.15, 0.2) is 0 Å². The summed E-state index contributed by atoms with van der Waals surface area (Å²) in [5.74, 6) is 1.03. The number of hydrazone groups is 1. The number of nitrogens with one attached hydrogen (secondary N) is 1. The zero-order valence-electron chi connectivity index (χ0n) is 16.6. The molecule has 154 valence electrons. The summed E-state index contributed by atoms with van der Waals surface area (Å²) >= 11 is 0. The molecule has 0 fully saturated rings. The number of amides is 1. The first-order valence-electron chi connectivity index (χ1n) is 9.11. The number of nitrogens with zero attached hydrogens (tertiary/aromatic N) is 1. The average Bonchev–Trinajstić information content (AvgIpc) is 2.79. The summed E-state index contributed by atoms with van der Waals surface area (Å²) in [5.41, 5.74) is 4.50. The second-order valence-electron chi connectivity index (χ2n) is 6.28. The molecule has 0 bridgehead atoms. The van der Waals surface area contributed by atoms with Crippen LogP contribution in [-0.2, 0) is 6.61 Å². The van der Waals surface area contributed by atoms with Crippen molar-refractivity contribution < 1.29 is 23.4 Å². The van der Waals surface area contributed by atoms with E-state index in [9.17, 15) is 9.18 Å². The Kier molecular flexibility index (Phi) is 7.00. The molecule has 1 N–H and O–H groups in total. The van der Waals surface area contributed by atoms with Gasteiger partial charge in [0.2, 0.25) is 0 Å². The normalized spacial score (nSPS) is 10.6. The smallest absolute Gasteiger partial charge is 0.271 e. The highest BCUT2D eigenvalue weighted by atomic mass is 19.1. The Morgan fingerprint density at radius 1 is 0.933 bits per heavy atom. The summed E-state index contributed by atoms with van der Waals surface area (Å²) in [6.45, 7) is 0.341. The molecular weight excluding hydrogens is 387 g/mol. The molecule has 3 aromatic rings. The lowest BCUT2D eigenvalue weighted by molar-refractivity contribution is 0.0954. The van der Waals surface area contributed by atoms with E-state index in [0.717, 1.165) is 11.1 Å². The molecule has 3 rings (SSSR count). The second-order valence-corrected chi connectivity index (χ2v) is 6.28. The van der Waals surface area contributed by atoms with Crippen LogP contribution in [0, 0.1) is 5.82 Å². The monoisotopic (exact) mass is 408 g/mol. The number of benzene rings is 3. The zero-order valence-corrected chi connectivity index (χ0v) is 16.6. The first kappa shape index (κ1) is 20.9. The molecule has 0 saturated heterocycles. The van der Waals surface area contributed by atoms with Gasteiger partial charge < -0.3 is 14.2 Å². The molecule has 0 radical (unpaired) electrons. The van der Waals surface area contributed by atoms with Gasteiger partial charge in [0.25, 0.3) is 5.91 Å². The van der Waals surface area contributed by atoms with Gasteiger partial charge in [-0.25, -0.2) is 9.82 Å². The molecule has 0 saturated carbocycles. The van der Waals surface area contributed by atoms with E-state index in [0.29, 0.717) is 29.4 Å². The van der Waals surface area contributed by atoms with Gasteiger partial charge in [0, 0.05) is 11.6 Å². The van der Waals surface area contributed by atoms with Gasteiger partial charge in [-0.1, -0.05) is 12.1 Å². The zero-order chi connectivity index (χ0) is 21.3. The molecule has 0 aliphatic rings. The maximum atomic E-state index is 12.9. The van der Waals surface area contributed by atoms with Crippen LogP contribution in [0.2, 0.25) is 0 Å². The number of hydrogen-bond acceptors (Lipinski definition) is 5. The summed E-state index contributed by atoms with van der Waals surface area (Å²) in [6.07, 6.45) is 1.53. The molecule has 0 atom stereocenters. The third kappa shape index (κ3) is 5.81. The molecule has 30 heavy (non-hydrogen) atoms. The highest BCUT2D eigenvalue weighted by molar-refractivity contribution is 5.95. The van der Waals surface area contributed by atoms with Crippen molar-refractivity contribution in [1.29, 1.82) is 0 Å². The Bertz CT molecular complexity index is 996. The van der Waals surface area contributed by atoms with E-state index in [2.05, 4.69) is 10.5 Å². The van der Waals surface area contributed by atoms with E-state index >= 15 is 0 Å². The molecule has 3 aromatic carbocycles. The average molecular weight is 408 g/mol. The van der Waals surface area contributed by atoms with Crippen LogP contribution in [0.1, 0.15) is 21.5 Å². The predicted octanol–water partition coefficient (Wildman–Crippen LogP) is 4.19. The number of ether oxygens (including phenoxy) is 3. The summed E-state index contributed by atoms with van der Waals surface area (Å²) < 4.78 is 28.9. The fraction of sp³-hybridized carbons (Fsp3) is 0.130. The van der Waals surface area contributed by atoms with Gasteiger partial charge >= 0.3 is 0 Å². The molecular formula is C23H21FN2O4. The molecule has 6 nitrogen and oxygen atoms in total. The molecule has 0 unspecified atom stereocenters. The minimum atomic E-state index is -0.386. The third-order valence-electron chi connectivity index (χ3n) is 4.19. The topological polar surface area (TPSA) is 69.2 Å². The van der Waals surface area contributed by atoms with Crippen molar-refractivity contribution in [3.63, 3.8) is 0 Å². The van der Waals surface area contributed by atoms with E-state index < -0.39 is 0 Å². The molecule has 0 spiro atoms. The number of carbonyl (C=O) groups is 1. The fourth-order valence-electron chi connectivity index (χ4n) is 2.57. The highest BCUT2D eigenvalue weighted by Gasteiger charge is 2.09. The number of halogens is 1. The van der Waals surface area contributed by atoms with Crippen LogP contribution in [0.5, 0.6) is 17.2 Å². The maximum Gasteiger partial charge on any atom is 0.271 e. The standard InChI is InChI=1S/C23H21FN2O4/c1-28-21-11-18(12-22(13-21)29-2)23(27)26-25-14-16-5-9-20(10-6-16)30-15-17-3-7-19(24)8-4-17/h3-14H,15H2,1-2H3,(H,26,27)/b25-14+. The van der Waals surface area contributed by atoms with Gasteiger partial charge in [0.1, 0.15) is 29.7 Å². The molecule has 1 amide bonds. The largest absolute Gasteiger partial charge is 0.497 e. The Labute approximate surface area is 173 Å². The van der Waals surface area contributed by atoms with Crippen LogP contribution in [0.15, 0.2) is 71.8 Å². The van der Waals surface area contributed by atoms with Crippen molar-refractivity contribution >= 4 is 12.1 Å². The van der Waals surface area contributed by atoms with Crippen LogP contribution in [0.4, 0.5) is 4.39 Å². The molecule has 0 heterocycles. The van der Waals surface area contributed by atoms with E-state index in [1.165, 1.54) is 32.6 Å². The molecule has 0 aliphatic carbocycles. The van der Waals surface area contributed by atoms with Crippen LogP contribution in [0.3, 0.4) is 0 Å². The van der Waals surface area contributed by atoms with Crippen molar-refractivity contribution in [2.45, 2.75) is 6.61 Å². The van der Waals surface area contributed by atoms with Crippen molar-refractivity contribution in [3.8, 4) is 17.2 Å². The SMILES string of the molecule is COc1cc(OC)cc(C(=O)N/N=C/c2ccc(OCc3ccc(F)cc3)cc2)c1. The van der Waals surface area contributed by atoms with Crippen molar-refractivity contribution in [3.05, 3.63) is 89.2 Å². The first-order valence-corrected chi connectivity index (χ1v) is 9.11. The third-order valence-corrected chi connectivity index (χ3v) is 4.19. The van der Waals surface area contributed by atoms with Crippen LogP contribution < -0.4 is 19.6 Å². The summed E-state index contributed by atoms with van der Waals surface area (Å²) in [6, 6.07) is 18.2. The Morgan fingerprint density at radius 2 is 1.57 bits per heavy atom. The lowest BCUT2D eigenvalue weighted by Gasteiger charge is -2.07. The van der Waals surface area contributed by atoms with E-state index in [1.807, 2.05) is 12.1 Å². The fourth-order valence-corrected chi connectivity index (χ4v) is 2.57. The van der Waals surface area contributed by atoms with Crippen molar-refractivity contribution in [2.75, 3.05) is 14.2 Å². The van der Waals surface area contributed by atoms with Crippen molar-refractivity contribution in [1.82, 2.24) is 5.43 Å². The number of carbonyl (C=O) groups excluding carboxylic acids is 1. The van der Waals surface area contributed by atoms with Gasteiger partial charge in [-0.05, 0) is 59.7 Å². The second kappa shape index (κ2) is 10.1. The van der Waals surface area contributed by atoms with Crippen LogP contribution >= 0.6 is 0 Å². The lowest BCUT2D eigenvalue weighted by atomic mass is 10.2. The minimum absolute atomic E-state index is 0.278. The van der Waals surface area contributed by atoms with Crippen LogP contribution in [0.25, 0.3) is 0 Å². The molecule has 0 aromatic heterocycles. The van der Waals surface area contributed by atoms with Gasteiger partial charge in [-0.3, -0.25) is 4.79 Å². The quantitative estimate of drug-likeness (QED) is 0.448. The maximum absolute atomic E-state index is 12.9. The molecule has 0 aliphatic heterocycles. The number of hydrogen-bond donors (Lipinski definition) is 1. The lowest BCUT2D eigenvalue weighted by Crippen LogP contribution is -2.17. The summed E-state index contributed by atoms with van der Waals surface area (Å²) in [5, 5.41) is 3.98. The Morgan fingerprint density at radius 3 is 2.17 bits per heavy atom. The summed E-state index contributed by atoms with van der Waals surface area (Å²) in [4.78, 5) is 12.3. The van der Waals surface area contributed by atoms with Gasteiger partial charge in [0.05, 0.1) is 20.4 Å². The van der Waals surface area contributed by atoms with Gasteiger partial charge in [-0.15, -0.1) is 0 Å². The van der Waals surface area contributed by atoms with Gasteiger partial charge in [-0.2, -0.15) is 5.10 Å². The van der Waals surface area contributed by atoms with Crippen LogP contribution in [-0.4, -0.2) is 26.3 Å². The van der Waals surface area contributed by atoms with E-state index in [1.54, 1.807) is 42.5 Å². The molecule has 7 heteroatoms. The predicted molar refractivity (Wildman–Crippen MR) is 112 cm³/mol. The van der Waals surface area contributed by atoms with E-state index in [-0.39, 0.29) is 11.7 Å². The highest BCUT2D eigenvalue weighted by Crippen LogP contribution is 2.22.